The van der Waals surface area contributed by atoms with Gasteiger partial charge in [-0.25, -0.2) is 5.01 Å². The summed E-state index contributed by atoms with van der Waals surface area (Å²) in [5.74, 6) is 1.46. The first-order chi connectivity index (χ1) is 17.7. The highest BCUT2D eigenvalue weighted by Gasteiger charge is 2.40. The second kappa shape index (κ2) is 11.3. The van der Waals surface area contributed by atoms with Crippen molar-refractivity contribution in [3.8, 4) is 11.5 Å². The molecule has 2 aromatic carbocycles. The van der Waals surface area contributed by atoms with Crippen molar-refractivity contribution in [2.24, 2.45) is 16.9 Å². The van der Waals surface area contributed by atoms with Gasteiger partial charge in [-0.1, -0.05) is 36.4 Å². The molecule has 0 radical (unpaired) electrons. The zero-order valence-corrected chi connectivity index (χ0v) is 21.2. The fraction of sp³-hybridized carbons (Fsp3) is 0.448. The molecule has 0 unspecified atom stereocenters. The van der Waals surface area contributed by atoms with E-state index in [1.54, 1.807) is 12.1 Å². The molecule has 3 aliphatic rings. The van der Waals surface area contributed by atoms with Crippen molar-refractivity contribution in [3.05, 3.63) is 71.3 Å². The molecule has 0 saturated carbocycles. The van der Waals surface area contributed by atoms with E-state index in [0.717, 1.165) is 62.5 Å². The summed E-state index contributed by atoms with van der Waals surface area (Å²) in [6.07, 6.45) is 5.85. The number of methoxy groups -OCH3 is 1. The van der Waals surface area contributed by atoms with Crippen LogP contribution in [-0.4, -0.2) is 61.5 Å². The van der Waals surface area contributed by atoms with Crippen LogP contribution in [0.15, 0.2) is 59.7 Å². The molecule has 0 N–H and O–H groups in total. The molecule has 2 atom stereocenters. The van der Waals surface area contributed by atoms with E-state index >= 15 is 0 Å². The van der Waals surface area contributed by atoms with E-state index in [0.29, 0.717) is 24.7 Å². The van der Waals surface area contributed by atoms with Gasteiger partial charge in [-0.05, 0) is 49.1 Å². The van der Waals surface area contributed by atoms with E-state index in [9.17, 15) is 4.79 Å². The predicted octanol–water partition coefficient (Wildman–Crippen LogP) is 4.26. The Morgan fingerprint density at radius 3 is 2.33 bits per heavy atom. The first-order valence-electron chi connectivity index (χ1n) is 12.9. The normalized spacial score (nSPS) is 22.2. The van der Waals surface area contributed by atoms with Gasteiger partial charge in [0, 0.05) is 31.1 Å². The molecule has 7 nitrogen and oxygen atoms in total. The van der Waals surface area contributed by atoms with Crippen LogP contribution in [0.1, 0.15) is 36.5 Å². The number of hydrogen-bond acceptors (Lipinski definition) is 6. The minimum Gasteiger partial charge on any atom is -0.493 e. The quantitative estimate of drug-likeness (QED) is 0.519. The third-order valence-corrected chi connectivity index (χ3v) is 7.21. The Bertz CT molecular complexity index is 1120. The lowest BCUT2D eigenvalue weighted by molar-refractivity contribution is -0.138. The highest BCUT2D eigenvalue weighted by atomic mass is 16.5. The summed E-state index contributed by atoms with van der Waals surface area (Å²) in [4.78, 5) is 15.9. The van der Waals surface area contributed by atoms with Crippen molar-refractivity contribution in [3.63, 3.8) is 0 Å². The Hall–Kier alpha value is -3.16. The number of ether oxygens (including phenoxy) is 3. The van der Waals surface area contributed by atoms with Gasteiger partial charge in [0.1, 0.15) is 0 Å². The van der Waals surface area contributed by atoms with Crippen molar-refractivity contribution in [2.45, 2.75) is 32.9 Å². The highest BCUT2D eigenvalue weighted by Crippen LogP contribution is 2.37. The second-order valence-electron chi connectivity index (χ2n) is 9.54. The first kappa shape index (κ1) is 24.5. The van der Waals surface area contributed by atoms with E-state index < -0.39 is 0 Å². The molecule has 190 valence electrons. The maximum atomic E-state index is 13.5. The number of nitrogens with zero attached hydrogens (tertiary/aromatic N) is 3. The molecular formula is C29H35N3O4. The zero-order chi connectivity index (χ0) is 24.9. The van der Waals surface area contributed by atoms with E-state index in [-0.39, 0.29) is 17.7 Å². The van der Waals surface area contributed by atoms with Gasteiger partial charge >= 0.3 is 0 Å². The minimum atomic E-state index is -0.0965. The van der Waals surface area contributed by atoms with Crippen molar-refractivity contribution in [1.29, 1.82) is 0 Å². The third kappa shape index (κ3) is 5.32. The number of carbonyl (C=O) groups excluding carboxylic acids is 1. The van der Waals surface area contributed by atoms with Crippen molar-refractivity contribution < 1.29 is 19.0 Å². The standard InChI is InChI=1S/C29H35N3O4/c1-3-36-27-18-23(12-13-26(27)34-2)28-24-6-4-5-7-25(24)29(33)32(30-28)20-22-10-8-21(9-11-22)19-31-14-16-35-17-15-31/h4-5,8-13,18,24-25H,3,6-7,14-17,19-20H2,1-2H3/t24-,25+/m0/s1. The van der Waals surface area contributed by atoms with Crippen LogP contribution < -0.4 is 9.47 Å². The third-order valence-electron chi connectivity index (χ3n) is 7.21. The van der Waals surface area contributed by atoms with Crippen LogP contribution in [0.25, 0.3) is 0 Å². The van der Waals surface area contributed by atoms with Crippen molar-refractivity contribution >= 4 is 11.6 Å². The van der Waals surface area contributed by atoms with Gasteiger partial charge in [-0.2, -0.15) is 5.10 Å². The van der Waals surface area contributed by atoms with Gasteiger partial charge in [0.05, 0.1) is 45.1 Å². The van der Waals surface area contributed by atoms with Gasteiger partial charge in [0.15, 0.2) is 11.5 Å². The molecule has 2 heterocycles. The maximum absolute atomic E-state index is 13.5. The Balaban J connectivity index is 1.39. The topological polar surface area (TPSA) is 63.6 Å². The summed E-state index contributed by atoms with van der Waals surface area (Å²) >= 11 is 0. The molecule has 1 aliphatic carbocycles. The number of benzene rings is 2. The molecule has 7 heteroatoms. The first-order valence-corrected chi connectivity index (χ1v) is 12.9. The van der Waals surface area contributed by atoms with Gasteiger partial charge in [0.2, 0.25) is 5.91 Å². The molecule has 1 saturated heterocycles. The number of morpholine rings is 1. The number of allylic oxidation sites excluding steroid dienone is 2. The predicted molar refractivity (Wildman–Crippen MR) is 139 cm³/mol. The molecule has 36 heavy (non-hydrogen) atoms. The molecule has 0 aromatic heterocycles. The number of hydrazone groups is 1. The Labute approximate surface area is 213 Å². The summed E-state index contributed by atoms with van der Waals surface area (Å²) in [5, 5.41) is 6.60. The zero-order valence-electron chi connectivity index (χ0n) is 21.2. The van der Waals surface area contributed by atoms with Crippen LogP contribution in [0.3, 0.4) is 0 Å². The lowest BCUT2D eigenvalue weighted by Gasteiger charge is -2.37. The van der Waals surface area contributed by atoms with Crippen LogP contribution in [0.2, 0.25) is 0 Å². The van der Waals surface area contributed by atoms with Gasteiger partial charge < -0.3 is 14.2 Å². The second-order valence-corrected chi connectivity index (χ2v) is 9.54. The summed E-state index contributed by atoms with van der Waals surface area (Å²) in [6, 6.07) is 14.5. The van der Waals surface area contributed by atoms with Gasteiger partial charge in [-0.15, -0.1) is 0 Å². The highest BCUT2D eigenvalue weighted by molar-refractivity contribution is 6.07. The summed E-state index contributed by atoms with van der Waals surface area (Å²) in [6.45, 7) is 7.42. The van der Waals surface area contributed by atoms with Crippen molar-refractivity contribution in [2.75, 3.05) is 40.0 Å². The smallest absolute Gasteiger partial charge is 0.247 e. The minimum absolute atomic E-state index is 0.0671. The molecule has 2 aromatic rings. The summed E-state index contributed by atoms with van der Waals surface area (Å²) in [5.41, 5.74) is 4.26. The van der Waals surface area contributed by atoms with Crippen LogP contribution in [-0.2, 0) is 22.6 Å². The van der Waals surface area contributed by atoms with Crippen LogP contribution in [0.5, 0.6) is 11.5 Å². The monoisotopic (exact) mass is 489 g/mol. The molecule has 2 aliphatic heterocycles. The Morgan fingerprint density at radius 2 is 1.64 bits per heavy atom. The SMILES string of the molecule is CCOc1cc(C2=NN(Cc3ccc(CN4CCOCC4)cc3)C(=O)[C@@H]3CC=CC[C@H]23)ccc1OC. The van der Waals surface area contributed by atoms with E-state index in [4.69, 9.17) is 19.3 Å². The lowest BCUT2D eigenvalue weighted by atomic mass is 9.76. The Kier molecular flexibility index (Phi) is 7.68. The lowest BCUT2D eigenvalue weighted by Crippen LogP contribution is -2.45. The Morgan fingerprint density at radius 1 is 0.944 bits per heavy atom. The molecule has 5 rings (SSSR count). The molecule has 0 bridgehead atoms. The maximum Gasteiger partial charge on any atom is 0.247 e. The summed E-state index contributed by atoms with van der Waals surface area (Å²) in [7, 11) is 1.64. The number of carbonyl (C=O) groups is 1. The fourth-order valence-electron chi connectivity index (χ4n) is 5.26. The van der Waals surface area contributed by atoms with Crippen molar-refractivity contribution in [1.82, 2.24) is 9.91 Å². The molecule has 0 spiro atoms. The average molecular weight is 490 g/mol. The fourth-order valence-corrected chi connectivity index (χ4v) is 5.26. The van der Waals surface area contributed by atoms with E-state index in [1.165, 1.54) is 5.56 Å². The number of hydrogen-bond donors (Lipinski definition) is 0. The number of amides is 1. The van der Waals surface area contributed by atoms with Crippen LogP contribution >= 0.6 is 0 Å². The molecule has 1 amide bonds. The van der Waals surface area contributed by atoms with E-state index in [2.05, 4.69) is 41.3 Å². The van der Waals surface area contributed by atoms with Crippen LogP contribution in [0, 0.1) is 11.8 Å². The van der Waals surface area contributed by atoms with Gasteiger partial charge in [-0.3, -0.25) is 9.69 Å². The van der Waals surface area contributed by atoms with Crippen LogP contribution in [0.4, 0.5) is 0 Å². The molecular weight excluding hydrogens is 454 g/mol. The van der Waals surface area contributed by atoms with Gasteiger partial charge in [0.25, 0.3) is 0 Å². The largest absolute Gasteiger partial charge is 0.493 e. The summed E-state index contributed by atoms with van der Waals surface area (Å²) < 4.78 is 16.7. The number of fused-ring (bicyclic) bond motifs is 1. The molecule has 1 fully saturated rings. The van der Waals surface area contributed by atoms with E-state index in [1.807, 2.05) is 25.1 Å². The number of rotatable bonds is 8. The average Bonchev–Trinajstić information content (AvgIpc) is 2.92.